The minimum Gasteiger partial charge on any atom is -0.545 e. The summed E-state index contributed by atoms with van der Waals surface area (Å²) < 4.78 is 1.96. The predicted octanol–water partition coefficient (Wildman–Crippen LogP) is 2.27. The highest BCUT2D eigenvalue weighted by Gasteiger charge is 2.24. The molecule has 0 saturated carbocycles. The third-order valence-electron chi connectivity index (χ3n) is 4.92. The van der Waals surface area contributed by atoms with Gasteiger partial charge in [0.25, 0.3) is 11.7 Å². The van der Waals surface area contributed by atoms with Crippen LogP contribution in [0, 0.1) is 6.92 Å². The number of aromatic nitrogens is 3. The minimum absolute atomic E-state index is 0.000947. The van der Waals surface area contributed by atoms with E-state index in [4.69, 9.17) is 0 Å². The van der Waals surface area contributed by atoms with Crippen LogP contribution in [0.4, 0.5) is 0 Å². The first-order valence-corrected chi connectivity index (χ1v) is 11.4. The Labute approximate surface area is 200 Å². The number of hydrazone groups is 1. The van der Waals surface area contributed by atoms with Crippen molar-refractivity contribution in [2.75, 3.05) is 5.75 Å². The number of amides is 1. The van der Waals surface area contributed by atoms with Crippen molar-refractivity contribution in [3.05, 3.63) is 95.6 Å². The molecule has 34 heavy (non-hydrogen) atoms. The SMILES string of the molecule is Cc1ccc(-[n+]2c(SCC(=O)NN=Cc3ccccc3C(=O)[O-])n[nH]c2-c2ccccc2)cc1. The summed E-state index contributed by atoms with van der Waals surface area (Å²) in [6.07, 6.45) is 1.28. The molecule has 0 aliphatic rings. The maximum atomic E-state index is 12.4. The zero-order chi connectivity index (χ0) is 23.9. The maximum absolute atomic E-state index is 12.4. The van der Waals surface area contributed by atoms with Crippen molar-refractivity contribution in [2.24, 2.45) is 5.10 Å². The van der Waals surface area contributed by atoms with Gasteiger partial charge in [0.05, 0.1) is 28.6 Å². The molecule has 0 bridgehead atoms. The molecule has 0 spiro atoms. The van der Waals surface area contributed by atoms with E-state index in [1.807, 2.05) is 66.1 Å². The van der Waals surface area contributed by atoms with Gasteiger partial charge in [-0.05, 0) is 43.0 Å². The molecule has 0 aliphatic carbocycles. The topological polar surface area (TPSA) is 114 Å². The summed E-state index contributed by atoms with van der Waals surface area (Å²) in [7, 11) is 0. The largest absolute Gasteiger partial charge is 0.545 e. The van der Waals surface area contributed by atoms with Gasteiger partial charge in [-0.3, -0.25) is 4.79 Å². The molecule has 2 N–H and O–H groups in total. The molecular weight excluding hydrogens is 450 g/mol. The fourth-order valence-corrected chi connectivity index (χ4v) is 4.01. The van der Waals surface area contributed by atoms with Gasteiger partial charge in [-0.25, -0.2) is 5.43 Å². The number of aryl methyl sites for hydroxylation is 1. The van der Waals surface area contributed by atoms with Crippen LogP contribution in [0.3, 0.4) is 0 Å². The van der Waals surface area contributed by atoms with E-state index in [0.717, 1.165) is 22.6 Å². The standard InChI is InChI=1S/C25H21N5O3S/c1-17-11-13-20(14-12-17)30-23(18-7-3-2-4-8-18)28-29-25(30)34-16-22(31)27-26-15-19-9-5-6-10-21(19)24(32)33/h2-15H,16H2,1H3,(H2,27,31,32,33). The Morgan fingerprint density at radius 1 is 1.06 bits per heavy atom. The minimum atomic E-state index is -1.31. The number of carboxylic acids is 1. The fourth-order valence-electron chi connectivity index (χ4n) is 3.25. The lowest BCUT2D eigenvalue weighted by Gasteiger charge is -2.06. The normalized spacial score (nSPS) is 11.0. The van der Waals surface area contributed by atoms with E-state index in [1.54, 1.807) is 18.2 Å². The number of benzene rings is 3. The summed E-state index contributed by atoms with van der Waals surface area (Å²) in [4.78, 5) is 23.5. The zero-order valence-electron chi connectivity index (χ0n) is 18.3. The maximum Gasteiger partial charge on any atom is 0.342 e. The van der Waals surface area contributed by atoms with Crippen LogP contribution in [0.25, 0.3) is 17.1 Å². The Hall–Kier alpha value is -4.24. The lowest BCUT2D eigenvalue weighted by Crippen LogP contribution is -2.34. The number of nitrogens with one attached hydrogen (secondary N) is 2. The molecular formula is C25H21N5O3S. The molecule has 1 aromatic heterocycles. The van der Waals surface area contributed by atoms with Gasteiger partial charge in [-0.15, -0.1) is 5.10 Å². The second-order valence-electron chi connectivity index (χ2n) is 7.35. The summed E-state index contributed by atoms with van der Waals surface area (Å²) in [5.41, 5.74) is 5.78. The van der Waals surface area contributed by atoms with Crippen LogP contribution in [0.15, 0.2) is 89.1 Å². The molecule has 0 unspecified atom stereocenters. The highest BCUT2D eigenvalue weighted by Crippen LogP contribution is 2.20. The van der Waals surface area contributed by atoms with Crippen LogP contribution in [0.2, 0.25) is 0 Å². The highest BCUT2D eigenvalue weighted by atomic mass is 32.2. The Morgan fingerprint density at radius 2 is 1.76 bits per heavy atom. The number of rotatable bonds is 8. The average Bonchev–Trinajstić information content (AvgIpc) is 3.28. The average molecular weight is 472 g/mol. The molecule has 9 heteroatoms. The van der Waals surface area contributed by atoms with Crippen molar-refractivity contribution in [3.63, 3.8) is 0 Å². The summed E-state index contributed by atoms with van der Waals surface area (Å²) in [6.45, 7) is 2.02. The third-order valence-corrected chi connectivity index (χ3v) is 5.86. The van der Waals surface area contributed by atoms with E-state index < -0.39 is 5.97 Å². The van der Waals surface area contributed by atoms with Crippen LogP contribution in [-0.2, 0) is 4.79 Å². The molecule has 170 valence electrons. The van der Waals surface area contributed by atoms with Gasteiger partial charge in [0, 0.05) is 11.1 Å². The van der Waals surface area contributed by atoms with Gasteiger partial charge in [0.2, 0.25) is 0 Å². The van der Waals surface area contributed by atoms with Gasteiger partial charge in [0.15, 0.2) is 0 Å². The number of aromatic amines is 1. The van der Waals surface area contributed by atoms with Gasteiger partial charge in [-0.1, -0.05) is 60.2 Å². The zero-order valence-corrected chi connectivity index (χ0v) is 19.1. The molecule has 0 fully saturated rings. The van der Waals surface area contributed by atoms with E-state index in [0.29, 0.717) is 10.7 Å². The monoisotopic (exact) mass is 471 g/mol. The number of nitrogens with zero attached hydrogens (tertiary/aromatic N) is 3. The van der Waals surface area contributed by atoms with Crippen molar-refractivity contribution in [1.82, 2.24) is 15.6 Å². The van der Waals surface area contributed by atoms with Crippen molar-refractivity contribution in [3.8, 4) is 17.1 Å². The van der Waals surface area contributed by atoms with E-state index in [1.165, 1.54) is 24.0 Å². The molecule has 8 nitrogen and oxygen atoms in total. The van der Waals surface area contributed by atoms with Crippen molar-refractivity contribution < 1.29 is 19.3 Å². The number of H-pyrrole nitrogens is 1. The van der Waals surface area contributed by atoms with Crippen molar-refractivity contribution in [1.29, 1.82) is 0 Å². The Morgan fingerprint density at radius 3 is 2.50 bits per heavy atom. The Kier molecular flexibility index (Phi) is 7.14. The highest BCUT2D eigenvalue weighted by molar-refractivity contribution is 7.99. The Balaban J connectivity index is 1.50. The first-order chi connectivity index (χ1) is 16.5. The number of aromatic carboxylic acids is 1. The van der Waals surface area contributed by atoms with E-state index >= 15 is 0 Å². The summed E-state index contributed by atoms with van der Waals surface area (Å²) >= 11 is 1.25. The van der Waals surface area contributed by atoms with Crippen LogP contribution in [0.5, 0.6) is 0 Å². The predicted molar refractivity (Wildman–Crippen MR) is 128 cm³/mol. The molecule has 1 heterocycles. The number of thioether (sulfide) groups is 1. The van der Waals surface area contributed by atoms with Crippen molar-refractivity contribution in [2.45, 2.75) is 12.1 Å². The quantitative estimate of drug-likeness (QED) is 0.177. The third kappa shape index (κ3) is 5.38. The van der Waals surface area contributed by atoms with Gasteiger partial charge >= 0.3 is 5.16 Å². The first-order valence-electron chi connectivity index (χ1n) is 10.4. The molecule has 3 aromatic carbocycles. The van der Waals surface area contributed by atoms with Gasteiger partial charge < -0.3 is 9.90 Å². The molecule has 0 aliphatic heterocycles. The van der Waals surface area contributed by atoms with Gasteiger partial charge in [0.1, 0.15) is 5.69 Å². The number of hydrogen-bond acceptors (Lipinski definition) is 6. The summed E-state index contributed by atoms with van der Waals surface area (Å²) in [6, 6.07) is 24.1. The molecule has 0 saturated heterocycles. The van der Waals surface area contributed by atoms with E-state index in [2.05, 4.69) is 20.7 Å². The fraction of sp³-hybridized carbons (Fsp3) is 0.0800. The molecule has 4 rings (SSSR count). The first kappa shape index (κ1) is 22.9. The molecule has 4 aromatic rings. The number of hydrogen-bond donors (Lipinski definition) is 2. The Bertz CT molecular complexity index is 1330. The smallest absolute Gasteiger partial charge is 0.342 e. The number of carboxylic acid groups (broad SMARTS) is 1. The summed E-state index contributed by atoms with van der Waals surface area (Å²) in [5.74, 6) is -0.807. The number of carbonyl (C=O) groups is 2. The van der Waals surface area contributed by atoms with Crippen LogP contribution < -0.4 is 15.1 Å². The molecule has 1 amide bonds. The lowest BCUT2D eigenvalue weighted by molar-refractivity contribution is -0.625. The van der Waals surface area contributed by atoms with E-state index in [-0.39, 0.29) is 17.2 Å². The molecule has 0 radical (unpaired) electrons. The lowest BCUT2D eigenvalue weighted by atomic mass is 10.1. The second kappa shape index (κ2) is 10.6. The van der Waals surface area contributed by atoms with Crippen LogP contribution in [-0.4, -0.2) is 34.0 Å². The van der Waals surface area contributed by atoms with Crippen molar-refractivity contribution >= 4 is 29.9 Å². The van der Waals surface area contributed by atoms with Crippen LogP contribution >= 0.6 is 11.8 Å². The second-order valence-corrected chi connectivity index (χ2v) is 8.29. The van der Waals surface area contributed by atoms with E-state index in [9.17, 15) is 14.7 Å². The van der Waals surface area contributed by atoms with Gasteiger partial charge in [-0.2, -0.15) is 9.67 Å². The molecule has 0 atom stereocenters. The number of carbonyl (C=O) groups excluding carboxylic acids is 2. The van der Waals surface area contributed by atoms with Crippen LogP contribution in [0.1, 0.15) is 21.5 Å². The summed E-state index contributed by atoms with van der Waals surface area (Å²) in [5, 5.41) is 23.2.